The molecule has 3 aromatic heterocycles. The van der Waals surface area contributed by atoms with Crippen LogP contribution >= 0.6 is 48.6 Å². The van der Waals surface area contributed by atoms with E-state index in [9.17, 15) is 0 Å². The Bertz CT molecular complexity index is 908. The predicted octanol–water partition coefficient (Wildman–Crippen LogP) is 5.23. The van der Waals surface area contributed by atoms with Gasteiger partial charge in [0.15, 0.2) is 11.6 Å². The van der Waals surface area contributed by atoms with Crippen LogP contribution in [0, 0.1) is 0 Å². The van der Waals surface area contributed by atoms with Crippen LogP contribution in [0.5, 0.6) is 5.75 Å². The Morgan fingerprint density at radius 3 is 2.39 bits per heavy atom. The van der Waals surface area contributed by atoms with Gasteiger partial charge in [-0.15, -0.1) is 48.6 Å². The lowest BCUT2D eigenvalue weighted by molar-refractivity contribution is 0.0819. The first kappa shape index (κ1) is 27.2. The van der Waals surface area contributed by atoms with Gasteiger partial charge in [0, 0.05) is 31.8 Å². The molecule has 1 saturated heterocycles. The SMILES string of the molecule is COc1ccc(-c2nccs2)nc1Nc1ccc(N2CCC(OC)CC2)cn1.Cl.Cl.Cl. The maximum Gasteiger partial charge on any atom is 0.175 e. The number of pyridine rings is 2. The molecule has 0 unspecified atom stereocenters. The fourth-order valence-corrected chi connectivity index (χ4v) is 3.89. The van der Waals surface area contributed by atoms with Crippen LogP contribution in [0.4, 0.5) is 17.3 Å². The summed E-state index contributed by atoms with van der Waals surface area (Å²) in [6, 6.07) is 7.85. The zero-order valence-corrected chi connectivity index (χ0v) is 20.5. The zero-order valence-electron chi connectivity index (χ0n) is 17.2. The highest BCUT2D eigenvalue weighted by Gasteiger charge is 2.19. The third-order valence-corrected chi connectivity index (χ3v) is 5.66. The summed E-state index contributed by atoms with van der Waals surface area (Å²) in [6.45, 7) is 1.97. The van der Waals surface area contributed by atoms with Crippen LogP contribution in [-0.4, -0.2) is 48.4 Å². The van der Waals surface area contributed by atoms with Crippen molar-refractivity contribution >= 4 is 65.9 Å². The highest BCUT2D eigenvalue weighted by atomic mass is 35.5. The van der Waals surface area contributed by atoms with E-state index in [0.29, 0.717) is 17.7 Å². The standard InChI is InChI=1S/C20H23N5O2S.3ClH/c1-26-15-7-10-25(11-8-15)14-3-6-18(22-13-14)24-19-17(27-2)5-4-16(23-19)20-21-9-12-28-20;;;/h3-6,9,12-13,15H,7-8,10-11H2,1-2H3,(H,22,23,24);3*1H. The molecule has 1 N–H and O–H groups in total. The van der Waals surface area contributed by atoms with Crippen LogP contribution < -0.4 is 15.0 Å². The number of halogens is 3. The second-order valence-corrected chi connectivity index (χ2v) is 7.43. The van der Waals surface area contributed by atoms with E-state index in [1.165, 1.54) is 0 Å². The fourth-order valence-electron chi connectivity index (χ4n) is 3.29. The van der Waals surface area contributed by atoms with Crippen molar-refractivity contribution in [3.63, 3.8) is 0 Å². The monoisotopic (exact) mass is 505 g/mol. The van der Waals surface area contributed by atoms with Crippen molar-refractivity contribution in [2.45, 2.75) is 18.9 Å². The van der Waals surface area contributed by atoms with Crippen LogP contribution in [0.3, 0.4) is 0 Å². The number of nitrogens with one attached hydrogen (secondary N) is 1. The summed E-state index contributed by atoms with van der Waals surface area (Å²) in [5.41, 5.74) is 1.92. The molecule has 0 saturated carbocycles. The molecule has 0 bridgehead atoms. The minimum absolute atomic E-state index is 0. The summed E-state index contributed by atoms with van der Waals surface area (Å²) in [4.78, 5) is 15.9. The van der Waals surface area contributed by atoms with Crippen LogP contribution in [0.15, 0.2) is 42.0 Å². The molecular weight excluding hydrogens is 481 g/mol. The van der Waals surface area contributed by atoms with E-state index in [2.05, 4.69) is 31.2 Å². The molecule has 0 aromatic carbocycles. The largest absolute Gasteiger partial charge is 0.493 e. The number of hydrogen-bond acceptors (Lipinski definition) is 8. The molecule has 0 spiro atoms. The maximum atomic E-state index is 5.44. The lowest BCUT2D eigenvalue weighted by atomic mass is 10.1. The highest BCUT2D eigenvalue weighted by molar-refractivity contribution is 7.13. The molecule has 1 fully saturated rings. The van der Waals surface area contributed by atoms with Gasteiger partial charge in [0.2, 0.25) is 0 Å². The normalized spacial score (nSPS) is 13.4. The summed E-state index contributed by atoms with van der Waals surface area (Å²) < 4.78 is 10.9. The number of nitrogens with zero attached hydrogens (tertiary/aromatic N) is 4. The lowest BCUT2D eigenvalue weighted by Crippen LogP contribution is -2.36. The summed E-state index contributed by atoms with van der Waals surface area (Å²) >= 11 is 1.55. The van der Waals surface area contributed by atoms with Gasteiger partial charge in [-0.3, -0.25) is 0 Å². The van der Waals surface area contributed by atoms with Crippen LogP contribution in [0.2, 0.25) is 0 Å². The number of aromatic nitrogens is 3. The fraction of sp³-hybridized carbons (Fsp3) is 0.350. The smallest absolute Gasteiger partial charge is 0.175 e. The van der Waals surface area contributed by atoms with Gasteiger partial charge in [0.05, 0.1) is 25.1 Å². The van der Waals surface area contributed by atoms with E-state index in [0.717, 1.165) is 48.1 Å². The molecule has 4 rings (SSSR count). The molecule has 1 aliphatic rings. The minimum atomic E-state index is 0. The van der Waals surface area contributed by atoms with E-state index in [4.69, 9.17) is 9.47 Å². The molecule has 170 valence electrons. The third-order valence-electron chi connectivity index (χ3n) is 4.86. The molecule has 4 heterocycles. The predicted molar refractivity (Wildman–Crippen MR) is 133 cm³/mol. The van der Waals surface area contributed by atoms with Gasteiger partial charge >= 0.3 is 0 Å². The van der Waals surface area contributed by atoms with Gasteiger partial charge in [0.1, 0.15) is 16.5 Å². The van der Waals surface area contributed by atoms with Gasteiger partial charge in [-0.25, -0.2) is 15.0 Å². The van der Waals surface area contributed by atoms with Crippen molar-refractivity contribution in [2.24, 2.45) is 0 Å². The Kier molecular flexibility index (Phi) is 11.3. The van der Waals surface area contributed by atoms with Crippen molar-refractivity contribution in [3.8, 4) is 16.5 Å². The van der Waals surface area contributed by atoms with E-state index in [1.54, 1.807) is 31.8 Å². The average Bonchev–Trinajstić information content (AvgIpc) is 3.29. The highest BCUT2D eigenvalue weighted by Crippen LogP contribution is 2.30. The number of anilines is 3. The summed E-state index contributed by atoms with van der Waals surface area (Å²) in [6.07, 6.45) is 6.12. The zero-order chi connectivity index (χ0) is 19.3. The summed E-state index contributed by atoms with van der Waals surface area (Å²) in [5, 5.41) is 6.07. The Labute approximate surface area is 204 Å². The van der Waals surface area contributed by atoms with Gasteiger partial charge in [-0.1, -0.05) is 0 Å². The van der Waals surface area contributed by atoms with E-state index >= 15 is 0 Å². The number of piperidine rings is 1. The number of thiazole rings is 1. The Hall–Kier alpha value is -1.84. The molecule has 0 atom stereocenters. The van der Waals surface area contributed by atoms with Gasteiger partial charge in [0.25, 0.3) is 0 Å². The number of ether oxygens (including phenoxy) is 2. The second-order valence-electron chi connectivity index (χ2n) is 6.53. The Balaban J connectivity index is 0.00000160. The van der Waals surface area contributed by atoms with E-state index in [-0.39, 0.29) is 37.2 Å². The Morgan fingerprint density at radius 2 is 1.81 bits per heavy atom. The first-order valence-corrected chi connectivity index (χ1v) is 10.1. The van der Waals surface area contributed by atoms with Gasteiger partial charge < -0.3 is 19.7 Å². The lowest BCUT2D eigenvalue weighted by Gasteiger charge is -2.32. The van der Waals surface area contributed by atoms with Crippen molar-refractivity contribution in [1.29, 1.82) is 0 Å². The molecule has 11 heteroatoms. The minimum Gasteiger partial charge on any atom is -0.493 e. The molecule has 0 aliphatic carbocycles. The maximum absolute atomic E-state index is 5.44. The van der Waals surface area contributed by atoms with Crippen LogP contribution in [0.25, 0.3) is 10.7 Å². The molecule has 7 nitrogen and oxygen atoms in total. The molecule has 0 amide bonds. The Morgan fingerprint density at radius 1 is 1.03 bits per heavy atom. The van der Waals surface area contributed by atoms with Crippen LogP contribution in [0.1, 0.15) is 12.8 Å². The first-order valence-electron chi connectivity index (χ1n) is 9.22. The molecule has 0 radical (unpaired) electrons. The average molecular weight is 507 g/mol. The van der Waals surface area contributed by atoms with Crippen molar-refractivity contribution in [2.75, 3.05) is 37.5 Å². The third kappa shape index (κ3) is 6.57. The van der Waals surface area contributed by atoms with Crippen molar-refractivity contribution in [1.82, 2.24) is 15.0 Å². The van der Waals surface area contributed by atoms with Crippen LogP contribution in [-0.2, 0) is 4.74 Å². The topological polar surface area (TPSA) is 72.4 Å². The van der Waals surface area contributed by atoms with Crippen molar-refractivity contribution < 1.29 is 9.47 Å². The molecule has 1 aliphatic heterocycles. The second kappa shape index (κ2) is 12.9. The molecular formula is C20H26Cl3N5O2S. The number of methoxy groups -OCH3 is 2. The first-order chi connectivity index (χ1) is 13.8. The number of hydrogen-bond donors (Lipinski definition) is 1. The quantitative estimate of drug-likeness (QED) is 0.490. The summed E-state index contributed by atoms with van der Waals surface area (Å²) in [7, 11) is 3.42. The number of rotatable bonds is 6. The van der Waals surface area contributed by atoms with Gasteiger partial charge in [-0.2, -0.15) is 0 Å². The molecule has 3 aromatic rings. The van der Waals surface area contributed by atoms with Gasteiger partial charge in [-0.05, 0) is 37.1 Å². The van der Waals surface area contributed by atoms with E-state index < -0.39 is 0 Å². The molecule has 31 heavy (non-hydrogen) atoms. The summed E-state index contributed by atoms with van der Waals surface area (Å²) in [5.74, 6) is 2.00. The van der Waals surface area contributed by atoms with Crippen molar-refractivity contribution in [3.05, 3.63) is 42.0 Å². The van der Waals surface area contributed by atoms with E-state index in [1.807, 2.05) is 29.8 Å².